The van der Waals surface area contributed by atoms with E-state index in [1.54, 1.807) is 0 Å². The molecule has 2 heterocycles. The van der Waals surface area contributed by atoms with E-state index in [-0.39, 0.29) is 0 Å². The fraction of sp³-hybridized carbons (Fsp3) is 0.500. The van der Waals surface area contributed by atoms with Crippen LogP contribution in [-0.4, -0.2) is 19.1 Å². The molecule has 0 aliphatic rings. The lowest BCUT2D eigenvalue weighted by atomic mass is 10.3. The Bertz CT molecular complexity index is 469. The van der Waals surface area contributed by atoms with Gasteiger partial charge in [0.15, 0.2) is 0 Å². The number of imidazole rings is 2. The Morgan fingerprint density at radius 2 is 2.18 bits per heavy atom. The van der Waals surface area contributed by atoms with Crippen molar-refractivity contribution in [1.29, 1.82) is 0 Å². The minimum absolute atomic E-state index is 0.447. The molecule has 0 amide bonds. The molecule has 0 aromatic carbocycles. The van der Waals surface area contributed by atoms with Crippen LogP contribution in [0, 0.1) is 0 Å². The molecule has 0 bridgehead atoms. The van der Waals surface area contributed by atoms with Gasteiger partial charge in [0.25, 0.3) is 0 Å². The number of nitrogens with one attached hydrogen (secondary N) is 1. The highest BCUT2D eigenvalue weighted by molar-refractivity contribution is 5.00. The van der Waals surface area contributed by atoms with Gasteiger partial charge in [0.1, 0.15) is 5.82 Å². The van der Waals surface area contributed by atoms with Gasteiger partial charge < -0.3 is 14.5 Å². The lowest BCUT2D eigenvalue weighted by Crippen LogP contribution is -2.18. The van der Waals surface area contributed by atoms with Crippen LogP contribution in [0.4, 0.5) is 0 Å². The zero-order chi connectivity index (χ0) is 12.3. The van der Waals surface area contributed by atoms with Crippen LogP contribution in [-0.2, 0) is 20.1 Å². The van der Waals surface area contributed by atoms with Crippen molar-refractivity contribution < 1.29 is 0 Å². The van der Waals surface area contributed by atoms with Crippen molar-refractivity contribution in [2.24, 2.45) is 7.05 Å². The molecule has 0 fully saturated rings. The van der Waals surface area contributed by atoms with E-state index in [4.69, 9.17) is 0 Å². The van der Waals surface area contributed by atoms with E-state index in [0.29, 0.717) is 6.04 Å². The van der Waals surface area contributed by atoms with E-state index >= 15 is 0 Å². The van der Waals surface area contributed by atoms with Gasteiger partial charge in [0.05, 0.1) is 18.6 Å². The molecule has 0 aliphatic carbocycles. The highest BCUT2D eigenvalue weighted by atomic mass is 15.1. The summed E-state index contributed by atoms with van der Waals surface area (Å²) in [6.07, 6.45) is 7.55. The predicted octanol–water partition coefficient (Wildman–Crippen LogP) is 1.49. The summed E-state index contributed by atoms with van der Waals surface area (Å²) in [5, 5.41) is 3.38. The molecule has 5 heteroatoms. The Morgan fingerprint density at radius 1 is 1.35 bits per heavy atom. The van der Waals surface area contributed by atoms with Crippen molar-refractivity contribution in [2.75, 3.05) is 0 Å². The molecule has 0 atom stereocenters. The first kappa shape index (κ1) is 11.9. The number of nitrogens with zero attached hydrogens (tertiary/aromatic N) is 4. The standard InChI is InChI=1S/C12H19N5/c1-10(2)17-9-14-7-11(17)6-13-8-12-15-4-5-16(12)3/h4-5,7,9-10,13H,6,8H2,1-3H3. The van der Waals surface area contributed by atoms with Crippen LogP contribution in [0.2, 0.25) is 0 Å². The smallest absolute Gasteiger partial charge is 0.122 e. The van der Waals surface area contributed by atoms with Gasteiger partial charge in [-0.15, -0.1) is 0 Å². The first-order valence-corrected chi connectivity index (χ1v) is 5.86. The third kappa shape index (κ3) is 2.74. The van der Waals surface area contributed by atoms with Gasteiger partial charge in [-0.05, 0) is 13.8 Å². The minimum Gasteiger partial charge on any atom is -0.337 e. The number of aromatic nitrogens is 4. The molecule has 0 saturated heterocycles. The third-order valence-corrected chi connectivity index (χ3v) is 2.81. The molecule has 0 saturated carbocycles. The summed E-state index contributed by atoms with van der Waals surface area (Å²) in [6.45, 7) is 5.89. The first-order chi connectivity index (χ1) is 8.18. The first-order valence-electron chi connectivity index (χ1n) is 5.86. The van der Waals surface area contributed by atoms with E-state index in [0.717, 1.165) is 18.9 Å². The van der Waals surface area contributed by atoms with E-state index in [2.05, 4.69) is 33.7 Å². The van der Waals surface area contributed by atoms with E-state index < -0.39 is 0 Å². The van der Waals surface area contributed by atoms with Gasteiger partial charge in [-0.1, -0.05) is 0 Å². The van der Waals surface area contributed by atoms with Gasteiger partial charge in [-0.2, -0.15) is 0 Å². The Morgan fingerprint density at radius 3 is 2.82 bits per heavy atom. The van der Waals surface area contributed by atoms with Crippen LogP contribution < -0.4 is 5.32 Å². The summed E-state index contributed by atoms with van der Waals surface area (Å²) < 4.78 is 4.19. The maximum atomic E-state index is 4.27. The SMILES string of the molecule is CC(C)n1cncc1CNCc1nccn1C. The molecule has 2 aromatic rings. The fourth-order valence-electron chi connectivity index (χ4n) is 1.80. The number of aryl methyl sites for hydroxylation is 1. The molecule has 17 heavy (non-hydrogen) atoms. The molecule has 2 aromatic heterocycles. The van der Waals surface area contributed by atoms with Crippen LogP contribution in [0.1, 0.15) is 31.4 Å². The summed E-state index contributed by atoms with van der Waals surface area (Å²) in [4.78, 5) is 8.45. The van der Waals surface area contributed by atoms with E-state index in [9.17, 15) is 0 Å². The van der Waals surface area contributed by atoms with Gasteiger partial charge in [0, 0.05) is 38.2 Å². The summed E-state index contributed by atoms with van der Waals surface area (Å²) in [7, 11) is 2.00. The monoisotopic (exact) mass is 233 g/mol. The van der Waals surface area contributed by atoms with Crippen molar-refractivity contribution in [3.8, 4) is 0 Å². The number of hydrogen-bond donors (Lipinski definition) is 1. The van der Waals surface area contributed by atoms with Gasteiger partial charge in [-0.3, -0.25) is 0 Å². The van der Waals surface area contributed by atoms with Crippen LogP contribution in [0.3, 0.4) is 0 Å². The quantitative estimate of drug-likeness (QED) is 0.851. The second kappa shape index (κ2) is 5.14. The molecule has 92 valence electrons. The van der Waals surface area contributed by atoms with Crippen molar-refractivity contribution in [1.82, 2.24) is 24.4 Å². The second-order valence-corrected chi connectivity index (χ2v) is 4.44. The van der Waals surface area contributed by atoms with Crippen LogP contribution >= 0.6 is 0 Å². The zero-order valence-corrected chi connectivity index (χ0v) is 10.6. The van der Waals surface area contributed by atoms with Crippen molar-refractivity contribution in [2.45, 2.75) is 33.0 Å². The van der Waals surface area contributed by atoms with Crippen LogP contribution in [0.15, 0.2) is 24.9 Å². The molecular formula is C12H19N5. The summed E-state index contributed by atoms with van der Waals surface area (Å²) in [6, 6.07) is 0.447. The average molecular weight is 233 g/mol. The molecule has 5 nitrogen and oxygen atoms in total. The lowest BCUT2D eigenvalue weighted by Gasteiger charge is -2.12. The Labute approximate surface area is 102 Å². The maximum Gasteiger partial charge on any atom is 0.122 e. The molecular weight excluding hydrogens is 214 g/mol. The van der Waals surface area contributed by atoms with Gasteiger partial charge >= 0.3 is 0 Å². The Balaban J connectivity index is 1.90. The molecule has 2 rings (SSSR count). The minimum atomic E-state index is 0.447. The third-order valence-electron chi connectivity index (χ3n) is 2.81. The number of hydrogen-bond acceptors (Lipinski definition) is 3. The second-order valence-electron chi connectivity index (χ2n) is 4.44. The topological polar surface area (TPSA) is 47.7 Å². The Hall–Kier alpha value is -1.62. The van der Waals surface area contributed by atoms with Crippen molar-refractivity contribution in [3.63, 3.8) is 0 Å². The normalized spacial score (nSPS) is 11.3. The molecule has 0 radical (unpaired) electrons. The summed E-state index contributed by atoms with van der Waals surface area (Å²) in [5.41, 5.74) is 1.20. The molecule has 0 aliphatic heterocycles. The zero-order valence-electron chi connectivity index (χ0n) is 10.6. The van der Waals surface area contributed by atoms with Crippen molar-refractivity contribution >= 4 is 0 Å². The van der Waals surface area contributed by atoms with Crippen LogP contribution in [0.5, 0.6) is 0 Å². The molecule has 0 spiro atoms. The van der Waals surface area contributed by atoms with Gasteiger partial charge in [-0.25, -0.2) is 9.97 Å². The van der Waals surface area contributed by atoms with Gasteiger partial charge in [0.2, 0.25) is 0 Å². The Kier molecular flexibility index (Phi) is 3.58. The largest absolute Gasteiger partial charge is 0.337 e. The van der Waals surface area contributed by atoms with Crippen molar-refractivity contribution in [3.05, 3.63) is 36.4 Å². The van der Waals surface area contributed by atoms with E-state index in [1.165, 1.54) is 5.69 Å². The predicted molar refractivity (Wildman–Crippen MR) is 66.4 cm³/mol. The maximum absolute atomic E-state index is 4.27. The van der Waals surface area contributed by atoms with Crippen LogP contribution in [0.25, 0.3) is 0 Å². The molecule has 0 unspecified atom stereocenters. The van der Waals surface area contributed by atoms with E-state index in [1.807, 2.05) is 36.5 Å². The highest BCUT2D eigenvalue weighted by Crippen LogP contribution is 2.08. The fourth-order valence-corrected chi connectivity index (χ4v) is 1.80. The summed E-state index contributed by atoms with van der Waals surface area (Å²) in [5.74, 6) is 1.04. The molecule has 1 N–H and O–H groups in total. The average Bonchev–Trinajstić information content (AvgIpc) is 2.88. The summed E-state index contributed by atoms with van der Waals surface area (Å²) >= 11 is 0. The lowest BCUT2D eigenvalue weighted by molar-refractivity contribution is 0.544. The number of rotatable bonds is 5. The highest BCUT2D eigenvalue weighted by Gasteiger charge is 2.05.